The number of nitro groups is 1. The van der Waals surface area contributed by atoms with Crippen molar-refractivity contribution >= 4 is 17.8 Å². The van der Waals surface area contributed by atoms with Gasteiger partial charge in [0, 0.05) is 23.3 Å². The maximum atomic E-state index is 11.7. The van der Waals surface area contributed by atoms with Crippen molar-refractivity contribution in [2.75, 3.05) is 0 Å². The highest BCUT2D eigenvalue weighted by Crippen LogP contribution is 2.21. The maximum absolute atomic E-state index is 11.7. The smallest absolute Gasteiger partial charge is 0.271 e. The summed E-state index contributed by atoms with van der Waals surface area (Å²) in [6.45, 7) is 0. The molecule has 8 heteroatoms. The zero-order valence-corrected chi connectivity index (χ0v) is 11.1. The first-order valence-corrected chi connectivity index (χ1v) is 6.07. The first-order chi connectivity index (χ1) is 10.5. The number of benzene rings is 2. The fourth-order valence-corrected chi connectivity index (χ4v) is 1.60. The Balaban J connectivity index is 2.09. The summed E-state index contributed by atoms with van der Waals surface area (Å²) >= 11 is 0. The quantitative estimate of drug-likeness (QED) is 0.451. The van der Waals surface area contributed by atoms with Crippen LogP contribution in [0.4, 0.5) is 5.69 Å². The number of carbonyl (C=O) groups is 1. The van der Waals surface area contributed by atoms with Crippen molar-refractivity contribution in [2.45, 2.75) is 0 Å². The lowest BCUT2D eigenvalue weighted by Crippen LogP contribution is -2.17. The van der Waals surface area contributed by atoms with Crippen LogP contribution in [0.3, 0.4) is 0 Å². The minimum absolute atomic E-state index is 0.0292. The lowest BCUT2D eigenvalue weighted by atomic mass is 10.2. The van der Waals surface area contributed by atoms with Crippen LogP contribution >= 0.6 is 0 Å². The van der Waals surface area contributed by atoms with Gasteiger partial charge in [0.1, 0.15) is 11.5 Å². The van der Waals surface area contributed by atoms with E-state index in [1.54, 1.807) is 0 Å². The van der Waals surface area contributed by atoms with Crippen molar-refractivity contribution < 1.29 is 19.9 Å². The van der Waals surface area contributed by atoms with Crippen LogP contribution in [0, 0.1) is 10.1 Å². The fraction of sp³-hybridized carbons (Fsp3) is 0. The van der Waals surface area contributed by atoms with Crippen molar-refractivity contribution in [3.63, 3.8) is 0 Å². The van der Waals surface area contributed by atoms with Crippen LogP contribution in [0.2, 0.25) is 0 Å². The molecule has 0 saturated heterocycles. The molecule has 0 bridgehead atoms. The van der Waals surface area contributed by atoms with Crippen LogP contribution in [0.25, 0.3) is 0 Å². The largest absolute Gasteiger partial charge is 0.508 e. The van der Waals surface area contributed by atoms with Gasteiger partial charge < -0.3 is 10.2 Å². The summed E-state index contributed by atoms with van der Waals surface area (Å²) in [5, 5.41) is 33.0. The first-order valence-electron chi connectivity index (χ1n) is 6.07. The average molecular weight is 301 g/mol. The first kappa shape index (κ1) is 15.0. The van der Waals surface area contributed by atoms with Crippen LogP contribution in [-0.4, -0.2) is 27.3 Å². The number of hydrazone groups is 1. The molecule has 0 unspecified atom stereocenters. The normalized spacial score (nSPS) is 10.5. The van der Waals surface area contributed by atoms with Gasteiger partial charge in [-0.15, -0.1) is 0 Å². The molecular weight excluding hydrogens is 290 g/mol. The van der Waals surface area contributed by atoms with Crippen LogP contribution in [0.5, 0.6) is 11.5 Å². The third-order valence-electron chi connectivity index (χ3n) is 2.72. The van der Waals surface area contributed by atoms with Gasteiger partial charge in [-0.2, -0.15) is 5.10 Å². The van der Waals surface area contributed by atoms with Crippen LogP contribution in [0.15, 0.2) is 47.6 Å². The van der Waals surface area contributed by atoms with Gasteiger partial charge >= 0.3 is 0 Å². The number of carbonyl (C=O) groups excluding carboxylic acids is 1. The summed E-state index contributed by atoms with van der Waals surface area (Å²) in [4.78, 5) is 21.8. The number of nitrogens with one attached hydrogen (secondary N) is 1. The number of phenols is 2. The Bertz CT molecular complexity index is 741. The highest BCUT2D eigenvalue weighted by molar-refractivity contribution is 5.95. The molecule has 0 aliphatic heterocycles. The molecule has 0 atom stereocenters. The SMILES string of the molecule is O=C(N/N=C/c1cc([N+](=O)[O-])ccc1O)c1ccc(O)cc1. The molecule has 112 valence electrons. The van der Waals surface area contributed by atoms with E-state index in [-0.39, 0.29) is 28.3 Å². The lowest BCUT2D eigenvalue weighted by Gasteiger charge is -2.01. The predicted molar refractivity (Wildman–Crippen MR) is 77.9 cm³/mol. The number of nitro benzene ring substituents is 1. The average Bonchev–Trinajstić information content (AvgIpc) is 2.49. The molecular formula is C14H11N3O5. The summed E-state index contributed by atoms with van der Waals surface area (Å²) in [6, 6.07) is 8.97. The summed E-state index contributed by atoms with van der Waals surface area (Å²) < 4.78 is 0. The maximum Gasteiger partial charge on any atom is 0.271 e. The number of amides is 1. The van der Waals surface area contributed by atoms with E-state index < -0.39 is 10.8 Å². The standard InChI is InChI=1S/C14H11N3O5/c18-12-4-1-9(2-5-12)14(20)16-15-8-10-7-11(17(21)22)3-6-13(10)19/h1-8,18-19H,(H,16,20)/b15-8+. The van der Waals surface area contributed by atoms with Gasteiger partial charge in [-0.1, -0.05) is 0 Å². The second kappa shape index (κ2) is 6.35. The van der Waals surface area contributed by atoms with Crippen LogP contribution in [-0.2, 0) is 0 Å². The second-order valence-corrected chi connectivity index (χ2v) is 4.25. The van der Waals surface area contributed by atoms with E-state index in [0.717, 1.165) is 18.3 Å². The molecule has 0 aliphatic rings. The van der Waals surface area contributed by atoms with E-state index in [9.17, 15) is 20.0 Å². The Labute approximate surface area is 124 Å². The molecule has 2 aromatic carbocycles. The molecule has 0 spiro atoms. The van der Waals surface area contributed by atoms with Crippen LogP contribution in [0.1, 0.15) is 15.9 Å². The van der Waals surface area contributed by atoms with Gasteiger partial charge in [0.15, 0.2) is 0 Å². The fourth-order valence-electron chi connectivity index (χ4n) is 1.60. The van der Waals surface area contributed by atoms with Gasteiger partial charge in [0.25, 0.3) is 11.6 Å². The van der Waals surface area contributed by atoms with E-state index in [0.29, 0.717) is 0 Å². The number of phenolic OH excluding ortho intramolecular Hbond substituents is 2. The third kappa shape index (κ3) is 3.57. The molecule has 2 rings (SSSR count). The molecule has 8 nitrogen and oxygen atoms in total. The summed E-state index contributed by atoms with van der Waals surface area (Å²) in [6.07, 6.45) is 1.10. The summed E-state index contributed by atoms with van der Waals surface area (Å²) in [5.41, 5.74) is 2.38. The van der Waals surface area contributed by atoms with E-state index in [1.165, 1.54) is 30.3 Å². The minimum Gasteiger partial charge on any atom is -0.508 e. The molecule has 22 heavy (non-hydrogen) atoms. The van der Waals surface area contributed by atoms with Gasteiger partial charge in [0.05, 0.1) is 11.1 Å². The van der Waals surface area contributed by atoms with E-state index in [2.05, 4.69) is 10.5 Å². The highest BCUT2D eigenvalue weighted by Gasteiger charge is 2.09. The highest BCUT2D eigenvalue weighted by atomic mass is 16.6. The number of rotatable bonds is 4. The molecule has 0 saturated carbocycles. The van der Waals surface area contributed by atoms with E-state index in [1.807, 2.05) is 0 Å². The van der Waals surface area contributed by atoms with Gasteiger partial charge in [-0.3, -0.25) is 14.9 Å². The Morgan fingerprint density at radius 2 is 1.86 bits per heavy atom. The minimum atomic E-state index is -0.605. The Kier molecular flexibility index (Phi) is 4.33. The summed E-state index contributed by atoms with van der Waals surface area (Å²) in [7, 11) is 0. The second-order valence-electron chi connectivity index (χ2n) is 4.25. The molecule has 2 aromatic rings. The van der Waals surface area contributed by atoms with Crippen molar-refractivity contribution in [1.82, 2.24) is 5.43 Å². The zero-order valence-electron chi connectivity index (χ0n) is 11.1. The molecule has 0 aliphatic carbocycles. The molecule has 1 amide bonds. The van der Waals surface area contributed by atoms with Crippen molar-refractivity contribution in [3.8, 4) is 11.5 Å². The predicted octanol–water partition coefficient (Wildman–Crippen LogP) is 1.77. The van der Waals surface area contributed by atoms with Crippen molar-refractivity contribution in [1.29, 1.82) is 0 Å². The van der Waals surface area contributed by atoms with Crippen LogP contribution < -0.4 is 5.43 Å². The third-order valence-corrected chi connectivity index (χ3v) is 2.72. The number of non-ortho nitro benzene ring substituents is 1. The Morgan fingerprint density at radius 3 is 2.50 bits per heavy atom. The van der Waals surface area contributed by atoms with Gasteiger partial charge in [-0.25, -0.2) is 5.43 Å². The van der Waals surface area contributed by atoms with Gasteiger partial charge in [0.2, 0.25) is 0 Å². The Morgan fingerprint density at radius 1 is 1.18 bits per heavy atom. The monoisotopic (exact) mass is 301 g/mol. The lowest BCUT2D eigenvalue weighted by molar-refractivity contribution is -0.384. The number of nitrogens with zero attached hydrogens (tertiary/aromatic N) is 2. The van der Waals surface area contributed by atoms with Crippen molar-refractivity contribution in [3.05, 3.63) is 63.7 Å². The molecule has 0 radical (unpaired) electrons. The Hall–Kier alpha value is -3.42. The topological polar surface area (TPSA) is 125 Å². The molecule has 0 fully saturated rings. The summed E-state index contributed by atoms with van der Waals surface area (Å²) in [5.74, 6) is -0.698. The zero-order chi connectivity index (χ0) is 16.1. The van der Waals surface area contributed by atoms with Crippen molar-refractivity contribution in [2.24, 2.45) is 5.10 Å². The molecule has 0 heterocycles. The van der Waals surface area contributed by atoms with Gasteiger partial charge in [-0.05, 0) is 30.3 Å². The van der Waals surface area contributed by atoms with E-state index in [4.69, 9.17) is 5.11 Å². The number of hydrogen-bond donors (Lipinski definition) is 3. The molecule has 0 aromatic heterocycles. The number of hydrogen-bond acceptors (Lipinski definition) is 6. The number of aromatic hydroxyl groups is 2. The molecule has 3 N–H and O–H groups in total. The van der Waals surface area contributed by atoms with E-state index >= 15 is 0 Å².